The van der Waals surface area contributed by atoms with Gasteiger partial charge in [0.05, 0.1) is 9.79 Å². The van der Waals surface area contributed by atoms with Crippen LogP contribution in [-0.2, 0) is 10.8 Å². The van der Waals surface area contributed by atoms with Gasteiger partial charge >= 0.3 is 17.2 Å². The van der Waals surface area contributed by atoms with Gasteiger partial charge in [0.15, 0.2) is 0 Å². The third-order valence-electron chi connectivity index (χ3n) is 13.8. The van der Waals surface area contributed by atoms with Gasteiger partial charge in [-0.3, -0.25) is 0 Å². The molecule has 0 atom stereocenters. The minimum absolute atomic E-state index is 0.0798. The van der Waals surface area contributed by atoms with Crippen molar-refractivity contribution in [2.45, 2.75) is 209 Å². The molecule has 416 valence electrons. The van der Waals surface area contributed by atoms with Crippen molar-refractivity contribution in [1.29, 1.82) is 0 Å². The molecule has 0 aromatic heterocycles. The maximum absolute atomic E-state index is 7.29. The molecule has 0 spiro atoms. The van der Waals surface area contributed by atoms with Crippen LogP contribution in [0.2, 0.25) is 0 Å². The van der Waals surface area contributed by atoms with Crippen LogP contribution in [0.5, 0.6) is 34.5 Å². The van der Waals surface area contributed by atoms with E-state index in [-0.39, 0.29) is 45.3 Å². The van der Waals surface area contributed by atoms with Gasteiger partial charge in [0, 0.05) is 0 Å². The van der Waals surface area contributed by atoms with E-state index in [9.17, 15) is 0 Å². The van der Waals surface area contributed by atoms with Crippen molar-refractivity contribution in [3.63, 3.8) is 0 Å². The van der Waals surface area contributed by atoms with Crippen LogP contribution in [0.15, 0.2) is 119 Å². The van der Waals surface area contributed by atoms with E-state index in [1.165, 1.54) is 11.1 Å². The summed E-state index contributed by atoms with van der Waals surface area (Å²) in [6.07, 6.45) is 1.94. The van der Waals surface area contributed by atoms with Crippen molar-refractivity contribution in [2.24, 2.45) is 10.8 Å². The van der Waals surface area contributed by atoms with Crippen LogP contribution >= 0.6 is 29.0 Å². The zero-order chi connectivity index (χ0) is 56.9. The highest BCUT2D eigenvalue weighted by atomic mass is 32.2. The Morgan fingerprint density at radius 2 is 0.584 bits per heavy atom. The van der Waals surface area contributed by atoms with E-state index in [0.717, 1.165) is 90.1 Å². The Bertz CT molecular complexity index is 2640. The van der Waals surface area contributed by atoms with Gasteiger partial charge < -0.3 is 27.1 Å². The molecule has 0 bridgehead atoms. The van der Waals surface area contributed by atoms with Gasteiger partial charge in [-0.1, -0.05) is 197 Å². The van der Waals surface area contributed by atoms with Crippen LogP contribution in [0.1, 0.15) is 217 Å². The molecule has 0 aliphatic rings. The van der Waals surface area contributed by atoms with Gasteiger partial charge in [-0.25, -0.2) is 0 Å². The van der Waals surface area contributed by atoms with E-state index < -0.39 is 17.2 Å². The maximum Gasteiger partial charge on any atom is 0.530 e. The molecule has 0 fully saturated rings. The second-order valence-electron chi connectivity index (χ2n) is 26.4. The summed E-state index contributed by atoms with van der Waals surface area (Å²) in [5.74, 6) is 5.15. The SMILES string of the molecule is Cc1ccc(C(C)C)c(OP(Oc2ccc(C(C)(C)CC(C)(C)C)cc2Sc2cc(C(C)(C)CC(C)(C)C)ccc2OP(Oc2cc(C)ccc2C(C)C)Oc2cc(C)ccc2C(C)C)Oc2cc(C)ccc2C(C)C)c1. The Kier molecular flexibility index (Phi) is 20.1. The van der Waals surface area contributed by atoms with Gasteiger partial charge in [0.2, 0.25) is 0 Å². The molecule has 6 rings (SSSR count). The van der Waals surface area contributed by atoms with Crippen LogP contribution in [0.3, 0.4) is 0 Å². The van der Waals surface area contributed by atoms with Gasteiger partial charge in [-0.05, 0) is 190 Å². The topological polar surface area (TPSA) is 55.4 Å². The Morgan fingerprint density at radius 1 is 0.338 bits per heavy atom. The first-order valence-electron chi connectivity index (χ1n) is 27.8. The first kappa shape index (κ1) is 61.5. The molecule has 0 saturated carbocycles. The molecule has 0 aliphatic heterocycles. The lowest BCUT2D eigenvalue weighted by molar-refractivity contribution is 0.283. The van der Waals surface area contributed by atoms with Crippen LogP contribution < -0.4 is 27.1 Å². The van der Waals surface area contributed by atoms with Crippen LogP contribution in [0.25, 0.3) is 0 Å². The Morgan fingerprint density at radius 3 is 0.818 bits per heavy atom. The number of hydrogen-bond donors (Lipinski definition) is 0. The molecule has 0 N–H and O–H groups in total. The Labute approximate surface area is 473 Å². The molecule has 6 aromatic rings. The van der Waals surface area contributed by atoms with Crippen molar-refractivity contribution >= 4 is 29.0 Å². The molecule has 0 heterocycles. The summed E-state index contributed by atoms with van der Waals surface area (Å²) in [5, 5.41) is 0. The highest BCUT2D eigenvalue weighted by molar-refractivity contribution is 7.99. The molecule has 0 radical (unpaired) electrons. The molecule has 0 saturated heterocycles. The number of aryl methyl sites for hydroxylation is 4. The lowest BCUT2D eigenvalue weighted by atomic mass is 9.72. The predicted octanol–water partition coefficient (Wildman–Crippen LogP) is 22.5. The molecule has 0 amide bonds. The average molecular weight is 1100 g/mol. The minimum Gasteiger partial charge on any atom is -0.408 e. The van der Waals surface area contributed by atoms with Crippen molar-refractivity contribution in [1.82, 2.24) is 0 Å². The predicted molar refractivity (Wildman–Crippen MR) is 330 cm³/mol. The van der Waals surface area contributed by atoms with Gasteiger partial charge in [0.1, 0.15) is 34.5 Å². The minimum atomic E-state index is -2.07. The van der Waals surface area contributed by atoms with E-state index in [4.69, 9.17) is 27.1 Å². The molecular weight excluding hydrogens is 1010 g/mol. The highest BCUT2D eigenvalue weighted by Crippen LogP contribution is 2.54. The van der Waals surface area contributed by atoms with Crippen molar-refractivity contribution < 1.29 is 27.1 Å². The largest absolute Gasteiger partial charge is 0.530 e. The summed E-state index contributed by atoms with van der Waals surface area (Å²) in [6, 6.07) is 38.9. The van der Waals surface area contributed by atoms with E-state index in [2.05, 4.69) is 262 Å². The number of rotatable bonds is 22. The van der Waals surface area contributed by atoms with Gasteiger partial charge in [-0.15, -0.1) is 0 Å². The second-order valence-corrected chi connectivity index (χ2v) is 29.5. The van der Waals surface area contributed by atoms with E-state index in [1.54, 1.807) is 11.8 Å². The van der Waals surface area contributed by atoms with E-state index >= 15 is 0 Å². The van der Waals surface area contributed by atoms with Crippen LogP contribution in [0.4, 0.5) is 0 Å². The fourth-order valence-corrected chi connectivity index (χ4v) is 13.8. The summed E-state index contributed by atoms with van der Waals surface area (Å²) in [5.41, 5.74) is 11.0. The molecule has 6 nitrogen and oxygen atoms in total. The zero-order valence-corrected chi connectivity index (χ0v) is 53.5. The fraction of sp³-hybridized carbons (Fsp3) is 0.471. The molecule has 77 heavy (non-hydrogen) atoms. The molecule has 0 unspecified atom stereocenters. The first-order valence-corrected chi connectivity index (χ1v) is 30.9. The second kappa shape index (κ2) is 25.2. The third kappa shape index (κ3) is 17.2. The lowest BCUT2D eigenvalue weighted by Gasteiger charge is -2.34. The standard InChI is InChI=1S/C68H92O6P2S/c1-43(2)53-29-23-47(9)35-59(53)71-75(72-60-36-48(10)24-30-54(60)44(3)4)69-57-33-27-51(67(19,20)41-65(13,14)15)39-63(57)77-64-40-52(68(21,22)42-66(16,17)18)28-34-58(64)70-76(73-61-37-49(11)25-31-55(61)45(5)6)74-62-38-50(12)26-32-56(62)46(7)8/h23-40,43-46H,41-42H2,1-22H3. The van der Waals surface area contributed by atoms with Crippen molar-refractivity contribution in [3.05, 3.63) is 165 Å². The lowest BCUT2D eigenvalue weighted by Crippen LogP contribution is -2.25. The van der Waals surface area contributed by atoms with Crippen LogP contribution in [-0.4, -0.2) is 0 Å². The first-order chi connectivity index (χ1) is 35.8. The Hall–Kier alpha value is -4.67. The van der Waals surface area contributed by atoms with Crippen LogP contribution in [0, 0.1) is 38.5 Å². The average Bonchev–Trinajstić information content (AvgIpc) is 3.28. The molecular formula is C68H92O6P2S. The number of hydrogen-bond acceptors (Lipinski definition) is 7. The van der Waals surface area contributed by atoms with Crippen molar-refractivity contribution in [3.8, 4) is 34.5 Å². The maximum atomic E-state index is 7.29. The van der Waals surface area contributed by atoms with E-state index in [1.807, 2.05) is 0 Å². The molecule has 6 aromatic carbocycles. The number of benzene rings is 6. The molecule has 0 aliphatic carbocycles. The van der Waals surface area contributed by atoms with E-state index in [0.29, 0.717) is 11.5 Å². The summed E-state index contributed by atoms with van der Waals surface area (Å²) in [4.78, 5) is 1.82. The smallest absolute Gasteiger partial charge is 0.408 e. The quantitative estimate of drug-likeness (QED) is 0.0628. The Balaban J connectivity index is 1.59. The summed E-state index contributed by atoms with van der Waals surface area (Å²) in [6.45, 7) is 49.2. The fourth-order valence-electron chi connectivity index (χ4n) is 10.5. The monoisotopic (exact) mass is 1100 g/mol. The van der Waals surface area contributed by atoms with Gasteiger partial charge in [0.25, 0.3) is 0 Å². The molecule has 9 heteroatoms. The normalized spacial score (nSPS) is 12.6. The summed E-state index contributed by atoms with van der Waals surface area (Å²) < 4.78 is 42.8. The third-order valence-corrected chi connectivity index (χ3v) is 17.0. The summed E-state index contributed by atoms with van der Waals surface area (Å²) >= 11 is 1.64. The zero-order valence-electron chi connectivity index (χ0n) is 50.9. The summed E-state index contributed by atoms with van der Waals surface area (Å²) in [7, 11) is -4.14. The highest BCUT2D eigenvalue weighted by Gasteiger charge is 2.34. The van der Waals surface area contributed by atoms with Crippen molar-refractivity contribution in [2.75, 3.05) is 0 Å². The van der Waals surface area contributed by atoms with Gasteiger partial charge in [-0.2, -0.15) is 0 Å².